The number of aliphatic carboxylic acids is 1. The molecule has 1 aromatic carbocycles. The molecule has 0 aliphatic carbocycles. The van der Waals surface area contributed by atoms with Gasteiger partial charge >= 0.3 is 5.97 Å². The number of carboxylic acids is 1. The van der Waals surface area contributed by atoms with Gasteiger partial charge in [-0.05, 0) is 31.0 Å². The molecule has 0 bridgehead atoms. The molecule has 0 spiro atoms. The summed E-state index contributed by atoms with van der Waals surface area (Å²) in [6.07, 6.45) is 4.85. The zero-order chi connectivity index (χ0) is 14.7. The fraction of sp³-hybridized carbons (Fsp3) is 0.312. The number of aromatic nitrogens is 2. The van der Waals surface area contributed by atoms with Crippen LogP contribution in [0.15, 0.2) is 42.7 Å². The van der Waals surface area contributed by atoms with Gasteiger partial charge in [0.05, 0.1) is 5.92 Å². The Morgan fingerprint density at radius 1 is 1.14 bits per heavy atom. The van der Waals surface area contributed by atoms with Crippen molar-refractivity contribution in [3.05, 3.63) is 42.7 Å². The third-order valence-electron chi connectivity index (χ3n) is 3.88. The van der Waals surface area contributed by atoms with Crippen molar-refractivity contribution in [3.63, 3.8) is 0 Å². The zero-order valence-electron chi connectivity index (χ0n) is 11.6. The summed E-state index contributed by atoms with van der Waals surface area (Å²) in [6.45, 7) is 1.55. The Balaban J connectivity index is 1.77. The summed E-state index contributed by atoms with van der Waals surface area (Å²) >= 11 is 0. The van der Waals surface area contributed by atoms with Crippen LogP contribution in [-0.4, -0.2) is 34.1 Å². The van der Waals surface area contributed by atoms with Crippen LogP contribution >= 0.6 is 0 Å². The molecule has 0 unspecified atom stereocenters. The summed E-state index contributed by atoms with van der Waals surface area (Å²) in [5, 5.41) is 9.05. The fourth-order valence-electron chi connectivity index (χ4n) is 2.67. The second-order valence-electron chi connectivity index (χ2n) is 5.22. The molecule has 5 nitrogen and oxygen atoms in total. The van der Waals surface area contributed by atoms with Gasteiger partial charge in [-0.25, -0.2) is 9.97 Å². The highest BCUT2D eigenvalue weighted by Crippen LogP contribution is 2.26. The van der Waals surface area contributed by atoms with E-state index in [-0.39, 0.29) is 5.92 Å². The summed E-state index contributed by atoms with van der Waals surface area (Å²) in [4.78, 5) is 21.8. The van der Waals surface area contributed by atoms with Crippen molar-refractivity contribution >= 4 is 11.7 Å². The molecule has 0 amide bonds. The number of anilines is 1. The van der Waals surface area contributed by atoms with Crippen molar-refractivity contribution in [3.8, 4) is 11.4 Å². The summed E-state index contributed by atoms with van der Waals surface area (Å²) in [5.74, 6) is -0.178. The third-order valence-corrected chi connectivity index (χ3v) is 3.88. The number of hydrogen-bond donors (Lipinski definition) is 1. The van der Waals surface area contributed by atoms with Gasteiger partial charge in [-0.1, -0.05) is 12.1 Å². The van der Waals surface area contributed by atoms with Crippen LogP contribution < -0.4 is 4.90 Å². The molecule has 0 radical (unpaired) electrons. The number of rotatable bonds is 3. The van der Waals surface area contributed by atoms with Gasteiger partial charge in [-0.15, -0.1) is 0 Å². The van der Waals surface area contributed by atoms with E-state index in [1.807, 2.05) is 18.2 Å². The van der Waals surface area contributed by atoms with Gasteiger partial charge in [-0.2, -0.15) is 0 Å². The third kappa shape index (κ3) is 3.02. The summed E-state index contributed by atoms with van der Waals surface area (Å²) < 4.78 is 0. The van der Waals surface area contributed by atoms with Gasteiger partial charge in [0.2, 0.25) is 0 Å². The van der Waals surface area contributed by atoms with Crippen molar-refractivity contribution in [2.45, 2.75) is 12.8 Å². The maximum Gasteiger partial charge on any atom is 0.306 e. The monoisotopic (exact) mass is 283 g/mol. The van der Waals surface area contributed by atoms with Gasteiger partial charge in [0, 0.05) is 36.7 Å². The van der Waals surface area contributed by atoms with Crippen molar-refractivity contribution in [1.82, 2.24) is 9.97 Å². The molecule has 108 valence electrons. The van der Waals surface area contributed by atoms with Crippen molar-refractivity contribution in [2.24, 2.45) is 5.92 Å². The van der Waals surface area contributed by atoms with Crippen LogP contribution in [0.4, 0.5) is 5.69 Å². The van der Waals surface area contributed by atoms with Crippen LogP contribution in [0.2, 0.25) is 0 Å². The minimum atomic E-state index is -0.680. The first kappa shape index (κ1) is 13.5. The SMILES string of the molecule is O=C(O)C1CCN(c2cccc(-c3ncccn3)c2)CC1. The van der Waals surface area contributed by atoms with Crippen LogP contribution in [0.5, 0.6) is 0 Å². The highest BCUT2D eigenvalue weighted by atomic mass is 16.4. The molecule has 3 rings (SSSR count). The predicted molar refractivity (Wildman–Crippen MR) is 80.0 cm³/mol. The van der Waals surface area contributed by atoms with Gasteiger partial charge in [0.1, 0.15) is 0 Å². The van der Waals surface area contributed by atoms with Gasteiger partial charge in [0.25, 0.3) is 0 Å². The number of benzene rings is 1. The second kappa shape index (κ2) is 5.91. The average Bonchev–Trinajstić information content (AvgIpc) is 2.56. The number of carboxylic acid groups (broad SMARTS) is 1. The largest absolute Gasteiger partial charge is 0.481 e. The van der Waals surface area contributed by atoms with Crippen molar-refractivity contribution in [2.75, 3.05) is 18.0 Å². The Hall–Kier alpha value is -2.43. The van der Waals surface area contributed by atoms with Crippen molar-refractivity contribution < 1.29 is 9.90 Å². The average molecular weight is 283 g/mol. The van der Waals surface area contributed by atoms with E-state index in [1.165, 1.54) is 0 Å². The highest BCUT2D eigenvalue weighted by molar-refractivity contribution is 5.70. The maximum absolute atomic E-state index is 11.0. The highest BCUT2D eigenvalue weighted by Gasteiger charge is 2.24. The lowest BCUT2D eigenvalue weighted by Gasteiger charge is -2.32. The van der Waals surface area contributed by atoms with E-state index in [0.29, 0.717) is 18.7 Å². The quantitative estimate of drug-likeness (QED) is 0.937. The molecular weight excluding hydrogens is 266 g/mol. The number of nitrogens with zero attached hydrogens (tertiary/aromatic N) is 3. The Labute approximate surface area is 123 Å². The van der Waals surface area contributed by atoms with Crippen LogP contribution in [0, 0.1) is 5.92 Å². The smallest absolute Gasteiger partial charge is 0.306 e. The topological polar surface area (TPSA) is 66.3 Å². The first-order valence-electron chi connectivity index (χ1n) is 7.09. The molecule has 1 saturated heterocycles. The fourth-order valence-corrected chi connectivity index (χ4v) is 2.67. The Morgan fingerprint density at radius 2 is 1.86 bits per heavy atom. The molecular formula is C16H17N3O2. The zero-order valence-corrected chi connectivity index (χ0v) is 11.6. The molecule has 1 aliphatic heterocycles. The van der Waals surface area contributed by atoms with E-state index in [9.17, 15) is 4.79 Å². The molecule has 0 atom stereocenters. The molecule has 2 heterocycles. The molecule has 1 N–H and O–H groups in total. The molecule has 5 heteroatoms. The van der Waals surface area contributed by atoms with E-state index in [2.05, 4.69) is 20.9 Å². The molecule has 2 aromatic rings. The molecule has 1 fully saturated rings. The summed E-state index contributed by atoms with van der Waals surface area (Å²) in [7, 11) is 0. The second-order valence-corrected chi connectivity index (χ2v) is 5.22. The van der Waals surface area contributed by atoms with Gasteiger partial charge in [0.15, 0.2) is 5.82 Å². The first-order valence-corrected chi connectivity index (χ1v) is 7.09. The van der Waals surface area contributed by atoms with E-state index in [0.717, 1.165) is 24.3 Å². The predicted octanol–water partition coefficient (Wildman–Crippen LogP) is 2.44. The molecule has 1 aliphatic rings. The van der Waals surface area contributed by atoms with Crippen LogP contribution in [0.3, 0.4) is 0 Å². The Kier molecular flexibility index (Phi) is 3.81. The van der Waals surface area contributed by atoms with E-state index in [4.69, 9.17) is 5.11 Å². The first-order chi connectivity index (χ1) is 10.2. The number of piperidine rings is 1. The summed E-state index contributed by atoms with van der Waals surface area (Å²) in [6, 6.07) is 9.89. The minimum Gasteiger partial charge on any atom is -0.481 e. The van der Waals surface area contributed by atoms with E-state index < -0.39 is 5.97 Å². The van der Waals surface area contributed by atoms with Crippen LogP contribution in [0.25, 0.3) is 11.4 Å². The van der Waals surface area contributed by atoms with Gasteiger partial charge < -0.3 is 10.0 Å². The Bertz CT molecular complexity index is 622. The summed E-state index contributed by atoms with van der Waals surface area (Å²) in [5.41, 5.74) is 2.08. The van der Waals surface area contributed by atoms with E-state index >= 15 is 0 Å². The lowest BCUT2D eigenvalue weighted by Crippen LogP contribution is -2.36. The standard InChI is InChI=1S/C16H17N3O2/c20-16(21)12-5-9-19(10-6-12)14-4-1-3-13(11-14)15-17-7-2-8-18-15/h1-4,7-8,11-12H,5-6,9-10H2,(H,20,21). The molecule has 21 heavy (non-hydrogen) atoms. The van der Waals surface area contributed by atoms with E-state index in [1.54, 1.807) is 18.5 Å². The molecule has 1 aromatic heterocycles. The van der Waals surface area contributed by atoms with Gasteiger partial charge in [-0.3, -0.25) is 4.79 Å². The molecule has 0 saturated carbocycles. The Morgan fingerprint density at radius 3 is 2.52 bits per heavy atom. The number of carbonyl (C=O) groups is 1. The maximum atomic E-state index is 11.0. The lowest BCUT2D eigenvalue weighted by molar-refractivity contribution is -0.142. The lowest BCUT2D eigenvalue weighted by atomic mass is 9.96. The normalized spacial score (nSPS) is 15.9. The van der Waals surface area contributed by atoms with Crippen molar-refractivity contribution in [1.29, 1.82) is 0 Å². The van der Waals surface area contributed by atoms with Crippen LogP contribution in [0.1, 0.15) is 12.8 Å². The number of hydrogen-bond acceptors (Lipinski definition) is 4. The van der Waals surface area contributed by atoms with Crippen LogP contribution in [-0.2, 0) is 4.79 Å². The minimum absolute atomic E-state index is 0.207.